The van der Waals surface area contributed by atoms with Gasteiger partial charge in [0.15, 0.2) is 11.5 Å². The van der Waals surface area contributed by atoms with E-state index in [1.54, 1.807) is 27.2 Å². The molecule has 1 aliphatic rings. The van der Waals surface area contributed by atoms with Gasteiger partial charge in [-0.25, -0.2) is 9.97 Å². The fourth-order valence-electron chi connectivity index (χ4n) is 3.34. The first kappa shape index (κ1) is 19.9. The SMILES string of the molecule is COc1cc2c(cc1OC)CN(C(=O)c1cc(NC(C)(C)C)nc(C)n1)CC2. The van der Waals surface area contributed by atoms with Crippen LogP contribution in [0.4, 0.5) is 5.82 Å². The molecule has 0 bridgehead atoms. The molecule has 0 radical (unpaired) electrons. The number of hydrogen-bond acceptors (Lipinski definition) is 6. The van der Waals surface area contributed by atoms with Gasteiger partial charge in [-0.1, -0.05) is 0 Å². The van der Waals surface area contributed by atoms with Crippen molar-refractivity contribution in [2.75, 3.05) is 26.1 Å². The number of carbonyl (C=O) groups excluding carboxylic acids is 1. The highest BCUT2D eigenvalue weighted by Gasteiger charge is 2.25. The number of fused-ring (bicyclic) bond motifs is 1. The maximum atomic E-state index is 13.1. The summed E-state index contributed by atoms with van der Waals surface area (Å²) in [7, 11) is 3.24. The minimum Gasteiger partial charge on any atom is -0.493 e. The molecule has 0 atom stereocenters. The number of rotatable bonds is 4. The second-order valence-corrected chi connectivity index (χ2v) is 8.01. The van der Waals surface area contributed by atoms with Gasteiger partial charge in [-0.15, -0.1) is 0 Å². The van der Waals surface area contributed by atoms with Crippen molar-refractivity contribution in [3.05, 3.63) is 40.8 Å². The van der Waals surface area contributed by atoms with E-state index in [0.717, 1.165) is 12.0 Å². The third-order valence-electron chi connectivity index (χ3n) is 4.57. The molecule has 1 aromatic heterocycles. The van der Waals surface area contributed by atoms with Gasteiger partial charge in [-0.2, -0.15) is 0 Å². The minimum absolute atomic E-state index is 0.0945. The van der Waals surface area contributed by atoms with E-state index in [9.17, 15) is 4.79 Å². The smallest absolute Gasteiger partial charge is 0.272 e. The van der Waals surface area contributed by atoms with Crippen LogP contribution in [0.5, 0.6) is 11.5 Å². The van der Waals surface area contributed by atoms with Gasteiger partial charge in [0.05, 0.1) is 14.2 Å². The average molecular weight is 384 g/mol. The first-order chi connectivity index (χ1) is 13.2. The fraction of sp³-hybridized carbons (Fsp3) is 0.476. The van der Waals surface area contributed by atoms with Crippen LogP contribution in [0.2, 0.25) is 0 Å². The Labute approximate surface area is 166 Å². The zero-order valence-corrected chi connectivity index (χ0v) is 17.4. The number of aromatic nitrogens is 2. The van der Waals surface area contributed by atoms with Crippen molar-refractivity contribution in [3.63, 3.8) is 0 Å². The number of nitrogens with zero attached hydrogens (tertiary/aromatic N) is 3. The molecule has 2 aromatic rings. The topological polar surface area (TPSA) is 76.6 Å². The molecule has 1 aliphatic heterocycles. The summed E-state index contributed by atoms with van der Waals surface area (Å²) in [5, 5.41) is 3.31. The molecule has 28 heavy (non-hydrogen) atoms. The molecule has 1 aromatic carbocycles. The van der Waals surface area contributed by atoms with Crippen LogP contribution in [0.3, 0.4) is 0 Å². The molecule has 0 spiro atoms. The standard InChI is InChI=1S/C21H28N4O3/c1-13-22-16(11-19(23-13)24-21(2,3)4)20(26)25-8-7-14-9-17(27-5)18(28-6)10-15(14)12-25/h9-11H,7-8,12H2,1-6H3,(H,22,23,24). The number of benzene rings is 1. The Bertz CT molecular complexity index is 890. The van der Waals surface area contributed by atoms with Crippen LogP contribution in [0, 0.1) is 6.92 Å². The predicted molar refractivity (Wildman–Crippen MR) is 108 cm³/mol. The molecule has 0 aliphatic carbocycles. The molecule has 1 N–H and O–H groups in total. The summed E-state index contributed by atoms with van der Waals surface area (Å²) < 4.78 is 10.8. The van der Waals surface area contributed by atoms with E-state index in [0.29, 0.717) is 41.9 Å². The highest BCUT2D eigenvalue weighted by atomic mass is 16.5. The van der Waals surface area contributed by atoms with Crippen LogP contribution in [0.1, 0.15) is 48.2 Å². The van der Waals surface area contributed by atoms with Crippen molar-refractivity contribution in [3.8, 4) is 11.5 Å². The average Bonchev–Trinajstić information content (AvgIpc) is 2.63. The maximum absolute atomic E-state index is 13.1. The van der Waals surface area contributed by atoms with Crippen molar-refractivity contribution in [1.29, 1.82) is 0 Å². The molecule has 7 nitrogen and oxygen atoms in total. The van der Waals surface area contributed by atoms with Gasteiger partial charge >= 0.3 is 0 Å². The van der Waals surface area contributed by atoms with Gasteiger partial charge in [0.1, 0.15) is 17.3 Å². The van der Waals surface area contributed by atoms with E-state index in [2.05, 4.69) is 36.1 Å². The molecule has 0 saturated carbocycles. The Morgan fingerprint density at radius 2 is 1.71 bits per heavy atom. The Kier molecular flexibility index (Phi) is 5.45. The van der Waals surface area contributed by atoms with Gasteiger partial charge < -0.3 is 19.7 Å². The van der Waals surface area contributed by atoms with E-state index < -0.39 is 0 Å². The minimum atomic E-state index is -0.152. The van der Waals surface area contributed by atoms with Crippen molar-refractivity contribution in [2.45, 2.75) is 46.2 Å². The van der Waals surface area contributed by atoms with E-state index in [1.807, 2.05) is 17.0 Å². The first-order valence-corrected chi connectivity index (χ1v) is 9.37. The molecule has 1 amide bonds. The van der Waals surface area contributed by atoms with E-state index >= 15 is 0 Å². The molecule has 3 rings (SSSR count). The van der Waals surface area contributed by atoms with Crippen LogP contribution in [0.25, 0.3) is 0 Å². The summed E-state index contributed by atoms with van der Waals surface area (Å²) >= 11 is 0. The third-order valence-corrected chi connectivity index (χ3v) is 4.57. The number of nitrogens with one attached hydrogen (secondary N) is 1. The Hall–Kier alpha value is -2.83. The van der Waals surface area contributed by atoms with Gasteiger partial charge in [0, 0.05) is 24.7 Å². The largest absolute Gasteiger partial charge is 0.493 e. The Balaban J connectivity index is 1.85. The van der Waals surface area contributed by atoms with Gasteiger partial charge in [-0.05, 0) is 57.4 Å². The van der Waals surface area contributed by atoms with E-state index in [1.165, 1.54) is 5.56 Å². The summed E-state index contributed by atoms with van der Waals surface area (Å²) in [5.74, 6) is 2.52. The zero-order valence-electron chi connectivity index (χ0n) is 17.4. The summed E-state index contributed by atoms with van der Waals surface area (Å²) in [6.45, 7) is 9.10. The van der Waals surface area contributed by atoms with Crippen LogP contribution in [0.15, 0.2) is 18.2 Å². The van der Waals surface area contributed by atoms with Crippen LogP contribution in [-0.4, -0.2) is 47.1 Å². The Morgan fingerprint density at radius 1 is 1.07 bits per heavy atom. The molecule has 2 heterocycles. The third kappa shape index (κ3) is 4.35. The van der Waals surface area contributed by atoms with Gasteiger partial charge in [0.2, 0.25) is 0 Å². The molecule has 0 unspecified atom stereocenters. The first-order valence-electron chi connectivity index (χ1n) is 9.37. The number of anilines is 1. The lowest BCUT2D eigenvalue weighted by atomic mass is 9.98. The monoisotopic (exact) mass is 384 g/mol. The van der Waals surface area contributed by atoms with Crippen LogP contribution in [-0.2, 0) is 13.0 Å². The zero-order chi connectivity index (χ0) is 20.5. The van der Waals surface area contributed by atoms with Gasteiger partial charge in [0.25, 0.3) is 5.91 Å². The number of ether oxygens (including phenoxy) is 2. The summed E-state index contributed by atoms with van der Waals surface area (Å²) in [6.07, 6.45) is 0.762. The van der Waals surface area contributed by atoms with E-state index in [-0.39, 0.29) is 11.4 Å². The lowest BCUT2D eigenvalue weighted by Gasteiger charge is -2.29. The van der Waals surface area contributed by atoms with Crippen LogP contribution >= 0.6 is 0 Å². The second kappa shape index (κ2) is 7.66. The van der Waals surface area contributed by atoms with Crippen molar-refractivity contribution in [2.24, 2.45) is 0 Å². The number of hydrogen-bond donors (Lipinski definition) is 1. The molecular formula is C21H28N4O3. The summed E-state index contributed by atoms with van der Waals surface area (Å²) in [5.41, 5.74) is 2.50. The number of amides is 1. The van der Waals surface area contributed by atoms with E-state index in [4.69, 9.17) is 9.47 Å². The van der Waals surface area contributed by atoms with Crippen LogP contribution < -0.4 is 14.8 Å². The second-order valence-electron chi connectivity index (χ2n) is 8.01. The number of aryl methyl sites for hydroxylation is 1. The lowest BCUT2D eigenvalue weighted by molar-refractivity contribution is 0.0728. The van der Waals surface area contributed by atoms with Gasteiger partial charge in [-0.3, -0.25) is 4.79 Å². The lowest BCUT2D eigenvalue weighted by Crippen LogP contribution is -2.36. The molecular weight excluding hydrogens is 356 g/mol. The molecule has 0 saturated heterocycles. The predicted octanol–water partition coefficient (Wildman–Crippen LogP) is 3.21. The van der Waals surface area contributed by atoms with Crippen molar-refractivity contribution >= 4 is 11.7 Å². The Morgan fingerprint density at radius 3 is 2.32 bits per heavy atom. The highest BCUT2D eigenvalue weighted by Crippen LogP contribution is 2.33. The number of methoxy groups -OCH3 is 2. The molecule has 150 valence electrons. The number of carbonyl (C=O) groups is 1. The fourth-order valence-corrected chi connectivity index (χ4v) is 3.34. The quantitative estimate of drug-likeness (QED) is 0.872. The van der Waals surface area contributed by atoms with Crippen molar-refractivity contribution in [1.82, 2.24) is 14.9 Å². The maximum Gasteiger partial charge on any atom is 0.272 e. The molecule has 0 fully saturated rings. The molecule has 7 heteroatoms. The highest BCUT2D eigenvalue weighted by molar-refractivity contribution is 5.93. The van der Waals surface area contributed by atoms with Crippen molar-refractivity contribution < 1.29 is 14.3 Å². The normalized spacial score (nSPS) is 13.7. The summed E-state index contributed by atoms with van der Waals surface area (Å²) in [4.78, 5) is 23.7. The summed E-state index contributed by atoms with van der Waals surface area (Å²) in [6, 6.07) is 5.67.